The first-order valence-corrected chi connectivity index (χ1v) is 10.00. The summed E-state index contributed by atoms with van der Waals surface area (Å²) in [7, 11) is 2.10. The summed E-state index contributed by atoms with van der Waals surface area (Å²) in [5, 5.41) is 0. The summed E-state index contributed by atoms with van der Waals surface area (Å²) in [5.74, 6) is 1.05. The molecule has 142 valence electrons. The summed E-state index contributed by atoms with van der Waals surface area (Å²) in [6.07, 6.45) is 2.15. The van der Waals surface area contributed by atoms with Crippen molar-refractivity contribution in [1.82, 2.24) is 19.4 Å². The fourth-order valence-corrected chi connectivity index (χ4v) is 3.95. The molecule has 0 amide bonds. The zero-order valence-electron chi connectivity index (χ0n) is 16.6. The summed E-state index contributed by atoms with van der Waals surface area (Å²) in [6, 6.07) is 12.9. The molecule has 1 saturated heterocycles. The van der Waals surface area contributed by atoms with Crippen LogP contribution in [0.4, 0.5) is 5.95 Å². The predicted molar refractivity (Wildman–Crippen MR) is 111 cm³/mol. The molecule has 3 heterocycles. The van der Waals surface area contributed by atoms with E-state index in [9.17, 15) is 0 Å². The van der Waals surface area contributed by atoms with Crippen LogP contribution in [-0.2, 0) is 20.0 Å². The molecule has 1 aliphatic rings. The Hall–Kier alpha value is -2.40. The van der Waals surface area contributed by atoms with Gasteiger partial charge in [0.2, 0.25) is 5.95 Å². The molecule has 0 spiro atoms. The van der Waals surface area contributed by atoms with Crippen LogP contribution in [0.5, 0.6) is 0 Å². The quantitative estimate of drug-likeness (QED) is 0.695. The first-order chi connectivity index (χ1) is 13.2. The third-order valence-electron chi connectivity index (χ3n) is 5.51. The number of imidazole rings is 1. The van der Waals surface area contributed by atoms with Crippen molar-refractivity contribution < 1.29 is 0 Å². The third kappa shape index (κ3) is 3.69. The molecule has 3 aromatic rings. The lowest BCUT2D eigenvalue weighted by atomic mass is 10.1. The topological polar surface area (TPSA) is 37.2 Å². The van der Waals surface area contributed by atoms with Crippen LogP contribution in [0.2, 0.25) is 0 Å². The molecule has 0 saturated carbocycles. The average Bonchev–Trinajstić information content (AvgIpc) is 2.99. The van der Waals surface area contributed by atoms with Gasteiger partial charge in [0, 0.05) is 45.5 Å². The second-order valence-electron chi connectivity index (χ2n) is 7.56. The minimum atomic E-state index is 1.00. The molecule has 0 unspecified atom stereocenters. The highest BCUT2D eigenvalue weighted by Gasteiger charge is 2.22. The van der Waals surface area contributed by atoms with Crippen molar-refractivity contribution in [3.05, 3.63) is 53.2 Å². The van der Waals surface area contributed by atoms with Crippen LogP contribution in [0.25, 0.3) is 11.2 Å². The highest BCUT2D eigenvalue weighted by atomic mass is 15.4. The lowest BCUT2D eigenvalue weighted by molar-refractivity contribution is 0.248. The molecule has 1 aromatic carbocycles. The molecular formula is C22H29N5. The van der Waals surface area contributed by atoms with E-state index in [0.29, 0.717) is 0 Å². The van der Waals surface area contributed by atoms with Crippen LogP contribution in [0.15, 0.2) is 36.4 Å². The smallest absolute Gasteiger partial charge is 0.207 e. The van der Waals surface area contributed by atoms with Gasteiger partial charge >= 0.3 is 0 Å². The van der Waals surface area contributed by atoms with Gasteiger partial charge < -0.3 is 4.90 Å². The number of nitrogens with zero attached hydrogens (tertiary/aromatic N) is 5. The Bertz CT molecular complexity index is 907. The van der Waals surface area contributed by atoms with Crippen molar-refractivity contribution >= 4 is 17.1 Å². The van der Waals surface area contributed by atoms with E-state index < -0.39 is 0 Å². The summed E-state index contributed by atoms with van der Waals surface area (Å²) in [5.41, 5.74) is 5.85. The zero-order valence-corrected chi connectivity index (χ0v) is 16.6. The molecule has 2 aromatic heterocycles. The molecule has 27 heavy (non-hydrogen) atoms. The molecule has 0 aliphatic carbocycles. The molecule has 1 fully saturated rings. The SMILES string of the molecule is CCCc1nc2c(cc1C)nc(N1CCN(Cc3ccccc3)CC1)n2C. The van der Waals surface area contributed by atoms with E-state index in [2.05, 4.69) is 71.7 Å². The van der Waals surface area contributed by atoms with Crippen molar-refractivity contribution in [2.24, 2.45) is 7.05 Å². The number of aryl methyl sites for hydroxylation is 3. The van der Waals surface area contributed by atoms with Gasteiger partial charge in [0.05, 0.1) is 0 Å². The Kier molecular flexibility index (Phi) is 5.12. The number of pyridine rings is 1. The van der Waals surface area contributed by atoms with Crippen LogP contribution in [0.3, 0.4) is 0 Å². The highest BCUT2D eigenvalue weighted by Crippen LogP contribution is 2.24. The van der Waals surface area contributed by atoms with Crippen molar-refractivity contribution in [2.45, 2.75) is 33.2 Å². The molecule has 4 rings (SSSR count). The van der Waals surface area contributed by atoms with Gasteiger partial charge in [-0.1, -0.05) is 43.7 Å². The fourth-order valence-electron chi connectivity index (χ4n) is 3.95. The largest absolute Gasteiger partial charge is 0.340 e. The van der Waals surface area contributed by atoms with Crippen LogP contribution in [0, 0.1) is 6.92 Å². The summed E-state index contributed by atoms with van der Waals surface area (Å²) in [6.45, 7) is 9.51. The van der Waals surface area contributed by atoms with Crippen LogP contribution in [0.1, 0.15) is 30.2 Å². The third-order valence-corrected chi connectivity index (χ3v) is 5.51. The van der Waals surface area contributed by atoms with Gasteiger partial charge in [-0.25, -0.2) is 9.97 Å². The number of hydrogen-bond donors (Lipinski definition) is 0. The van der Waals surface area contributed by atoms with Gasteiger partial charge in [-0.2, -0.15) is 0 Å². The monoisotopic (exact) mass is 363 g/mol. The Morgan fingerprint density at radius 1 is 1.00 bits per heavy atom. The minimum Gasteiger partial charge on any atom is -0.340 e. The maximum Gasteiger partial charge on any atom is 0.207 e. The molecular weight excluding hydrogens is 334 g/mol. The summed E-state index contributed by atoms with van der Waals surface area (Å²) >= 11 is 0. The Labute approximate surface area is 161 Å². The number of rotatable bonds is 5. The van der Waals surface area contributed by atoms with E-state index >= 15 is 0 Å². The molecule has 1 aliphatic heterocycles. The van der Waals surface area contributed by atoms with Crippen molar-refractivity contribution in [3.8, 4) is 0 Å². The average molecular weight is 364 g/mol. The Morgan fingerprint density at radius 2 is 1.74 bits per heavy atom. The molecule has 5 nitrogen and oxygen atoms in total. The van der Waals surface area contributed by atoms with Crippen molar-refractivity contribution in [1.29, 1.82) is 0 Å². The number of anilines is 1. The van der Waals surface area contributed by atoms with E-state index in [-0.39, 0.29) is 0 Å². The Balaban J connectivity index is 1.49. The summed E-state index contributed by atoms with van der Waals surface area (Å²) < 4.78 is 2.17. The van der Waals surface area contributed by atoms with E-state index in [1.807, 2.05) is 0 Å². The van der Waals surface area contributed by atoms with Crippen LogP contribution >= 0.6 is 0 Å². The van der Waals surface area contributed by atoms with Crippen molar-refractivity contribution in [2.75, 3.05) is 31.1 Å². The number of piperazine rings is 1. The van der Waals surface area contributed by atoms with Gasteiger partial charge in [-0.15, -0.1) is 0 Å². The lowest BCUT2D eigenvalue weighted by Crippen LogP contribution is -2.46. The lowest BCUT2D eigenvalue weighted by Gasteiger charge is -2.35. The number of aromatic nitrogens is 3. The predicted octanol–water partition coefficient (Wildman–Crippen LogP) is 3.55. The standard InChI is InChI=1S/C22H29N5/c1-4-8-19-17(2)15-20-21(23-19)25(3)22(24-20)27-13-11-26(12-14-27)16-18-9-6-5-7-10-18/h5-7,9-10,15H,4,8,11-14,16H2,1-3H3. The zero-order chi connectivity index (χ0) is 18.8. The van der Waals surface area contributed by atoms with Gasteiger partial charge in [-0.3, -0.25) is 9.47 Å². The Morgan fingerprint density at radius 3 is 2.44 bits per heavy atom. The molecule has 5 heteroatoms. The first-order valence-electron chi connectivity index (χ1n) is 10.00. The normalized spacial score (nSPS) is 15.6. The number of hydrogen-bond acceptors (Lipinski definition) is 4. The maximum atomic E-state index is 4.91. The molecule has 0 radical (unpaired) electrons. The van der Waals surface area contributed by atoms with Crippen LogP contribution < -0.4 is 4.90 Å². The summed E-state index contributed by atoms with van der Waals surface area (Å²) in [4.78, 5) is 14.8. The highest BCUT2D eigenvalue weighted by molar-refractivity contribution is 5.76. The van der Waals surface area contributed by atoms with Crippen LogP contribution in [-0.4, -0.2) is 45.6 Å². The minimum absolute atomic E-state index is 1.00. The second-order valence-corrected chi connectivity index (χ2v) is 7.56. The molecule has 0 bridgehead atoms. The van der Waals surface area contributed by atoms with Gasteiger partial charge in [-0.05, 0) is 30.5 Å². The second kappa shape index (κ2) is 7.69. The molecule has 0 atom stereocenters. The first kappa shape index (κ1) is 18.0. The van der Waals surface area contributed by atoms with E-state index in [1.54, 1.807) is 0 Å². The van der Waals surface area contributed by atoms with E-state index in [4.69, 9.17) is 9.97 Å². The van der Waals surface area contributed by atoms with Gasteiger partial charge in [0.1, 0.15) is 5.52 Å². The van der Waals surface area contributed by atoms with E-state index in [0.717, 1.165) is 62.7 Å². The fraction of sp³-hybridized carbons (Fsp3) is 0.455. The van der Waals surface area contributed by atoms with E-state index in [1.165, 1.54) is 16.8 Å². The van der Waals surface area contributed by atoms with Gasteiger partial charge in [0.25, 0.3) is 0 Å². The maximum absolute atomic E-state index is 4.91. The molecule has 0 N–H and O–H groups in total. The number of fused-ring (bicyclic) bond motifs is 1. The number of benzene rings is 1. The van der Waals surface area contributed by atoms with Gasteiger partial charge in [0.15, 0.2) is 5.65 Å². The van der Waals surface area contributed by atoms with Crippen molar-refractivity contribution in [3.63, 3.8) is 0 Å².